The predicted molar refractivity (Wildman–Crippen MR) is 79.2 cm³/mol. The van der Waals surface area contributed by atoms with Crippen LogP contribution < -0.4 is 10.1 Å². The first-order chi connectivity index (χ1) is 9.19. The lowest BCUT2D eigenvalue weighted by molar-refractivity contribution is 0.328. The largest absolute Gasteiger partial charge is 0.476 e. The Labute approximate surface area is 122 Å². The minimum atomic E-state index is 0.578. The van der Waals surface area contributed by atoms with E-state index in [0.29, 0.717) is 29.1 Å². The van der Waals surface area contributed by atoms with Gasteiger partial charge in [0.25, 0.3) is 0 Å². The van der Waals surface area contributed by atoms with Gasteiger partial charge >= 0.3 is 0 Å². The number of rotatable bonds is 5. The number of benzene rings is 1. The minimum Gasteiger partial charge on any atom is -0.476 e. The summed E-state index contributed by atoms with van der Waals surface area (Å²) in [5, 5.41) is 4.51. The summed E-state index contributed by atoms with van der Waals surface area (Å²) in [7, 11) is 0. The van der Waals surface area contributed by atoms with Crippen molar-refractivity contribution in [3.05, 3.63) is 52.1 Å². The van der Waals surface area contributed by atoms with Crippen LogP contribution in [0.2, 0.25) is 10.0 Å². The summed E-state index contributed by atoms with van der Waals surface area (Å²) < 4.78 is 5.45. The first kappa shape index (κ1) is 14.0. The van der Waals surface area contributed by atoms with Gasteiger partial charge in [0.15, 0.2) is 0 Å². The maximum Gasteiger partial charge on any atom is 0.237 e. The van der Waals surface area contributed by atoms with Crippen LogP contribution in [0.4, 0.5) is 5.69 Å². The molecule has 0 aliphatic rings. The SMILES string of the molecule is CCOc1ncccc1NCc1cc(Cl)cc(Cl)c1. The van der Waals surface area contributed by atoms with Crippen LogP contribution in [0, 0.1) is 0 Å². The normalized spacial score (nSPS) is 10.3. The summed E-state index contributed by atoms with van der Waals surface area (Å²) in [4.78, 5) is 4.18. The van der Waals surface area contributed by atoms with Crippen LogP contribution in [-0.4, -0.2) is 11.6 Å². The number of hydrogen-bond acceptors (Lipinski definition) is 3. The molecule has 1 N–H and O–H groups in total. The van der Waals surface area contributed by atoms with Crippen LogP contribution in [0.1, 0.15) is 12.5 Å². The Morgan fingerprint density at radius 2 is 1.95 bits per heavy atom. The van der Waals surface area contributed by atoms with Gasteiger partial charge in [0.1, 0.15) is 0 Å². The predicted octanol–water partition coefficient (Wildman–Crippen LogP) is 4.40. The van der Waals surface area contributed by atoms with Gasteiger partial charge in [-0.25, -0.2) is 4.98 Å². The van der Waals surface area contributed by atoms with E-state index >= 15 is 0 Å². The highest BCUT2D eigenvalue weighted by atomic mass is 35.5. The second kappa shape index (κ2) is 6.64. The van der Waals surface area contributed by atoms with Gasteiger partial charge in [-0.05, 0) is 42.8 Å². The Hall–Kier alpha value is -1.45. The number of aromatic nitrogens is 1. The molecule has 0 aliphatic carbocycles. The van der Waals surface area contributed by atoms with Crippen molar-refractivity contribution in [2.24, 2.45) is 0 Å². The average Bonchev–Trinajstić information content (AvgIpc) is 2.37. The molecule has 0 amide bonds. The fourth-order valence-corrected chi connectivity index (χ4v) is 2.26. The molecule has 0 saturated heterocycles. The third-order valence-corrected chi connectivity index (χ3v) is 2.89. The number of ether oxygens (including phenoxy) is 1. The number of anilines is 1. The van der Waals surface area contributed by atoms with Crippen LogP contribution in [0.3, 0.4) is 0 Å². The summed E-state index contributed by atoms with van der Waals surface area (Å²) >= 11 is 11.9. The Morgan fingerprint density at radius 1 is 1.21 bits per heavy atom. The molecule has 1 heterocycles. The summed E-state index contributed by atoms with van der Waals surface area (Å²) in [6, 6.07) is 9.23. The quantitative estimate of drug-likeness (QED) is 0.888. The van der Waals surface area contributed by atoms with Crippen molar-refractivity contribution in [1.29, 1.82) is 0 Å². The van der Waals surface area contributed by atoms with Crippen molar-refractivity contribution in [3.8, 4) is 5.88 Å². The van der Waals surface area contributed by atoms with Crippen molar-refractivity contribution in [3.63, 3.8) is 0 Å². The minimum absolute atomic E-state index is 0.578. The van der Waals surface area contributed by atoms with Crippen molar-refractivity contribution in [2.45, 2.75) is 13.5 Å². The summed E-state index contributed by atoms with van der Waals surface area (Å²) in [6.07, 6.45) is 1.70. The van der Waals surface area contributed by atoms with E-state index in [1.165, 1.54) is 0 Å². The molecule has 0 radical (unpaired) electrons. The molecule has 2 aromatic rings. The molecule has 100 valence electrons. The Kier molecular flexibility index (Phi) is 4.88. The molecule has 5 heteroatoms. The van der Waals surface area contributed by atoms with Gasteiger partial charge in [-0.1, -0.05) is 23.2 Å². The highest BCUT2D eigenvalue weighted by molar-refractivity contribution is 6.34. The van der Waals surface area contributed by atoms with Crippen molar-refractivity contribution in [2.75, 3.05) is 11.9 Å². The van der Waals surface area contributed by atoms with E-state index in [1.807, 2.05) is 31.2 Å². The topological polar surface area (TPSA) is 34.1 Å². The molecule has 0 bridgehead atoms. The van der Waals surface area contributed by atoms with Crippen molar-refractivity contribution < 1.29 is 4.74 Å². The number of halogens is 2. The van der Waals surface area contributed by atoms with Gasteiger partial charge in [0.05, 0.1) is 12.3 Å². The lowest BCUT2D eigenvalue weighted by atomic mass is 10.2. The van der Waals surface area contributed by atoms with E-state index in [4.69, 9.17) is 27.9 Å². The number of nitrogens with one attached hydrogen (secondary N) is 1. The molecule has 2 rings (SSSR count). The fourth-order valence-electron chi connectivity index (χ4n) is 1.69. The molecule has 0 aliphatic heterocycles. The second-order valence-electron chi connectivity index (χ2n) is 3.92. The van der Waals surface area contributed by atoms with Crippen LogP contribution in [0.25, 0.3) is 0 Å². The highest BCUT2D eigenvalue weighted by Crippen LogP contribution is 2.23. The highest BCUT2D eigenvalue weighted by Gasteiger charge is 2.04. The number of hydrogen-bond donors (Lipinski definition) is 1. The molecule has 0 fully saturated rings. The molecule has 1 aromatic carbocycles. The first-order valence-corrected chi connectivity index (χ1v) is 6.71. The van der Waals surface area contributed by atoms with E-state index in [9.17, 15) is 0 Å². The monoisotopic (exact) mass is 296 g/mol. The maximum atomic E-state index is 5.96. The van der Waals surface area contributed by atoms with Gasteiger partial charge in [0.2, 0.25) is 5.88 Å². The number of pyridine rings is 1. The van der Waals surface area contributed by atoms with Gasteiger partial charge in [-0.2, -0.15) is 0 Å². The zero-order chi connectivity index (χ0) is 13.7. The first-order valence-electron chi connectivity index (χ1n) is 5.95. The van der Waals surface area contributed by atoms with E-state index < -0.39 is 0 Å². The molecule has 0 atom stereocenters. The molecular formula is C14H14Cl2N2O. The molecule has 0 spiro atoms. The van der Waals surface area contributed by atoms with Crippen molar-refractivity contribution in [1.82, 2.24) is 4.98 Å². The molecule has 0 unspecified atom stereocenters. The standard InChI is InChI=1S/C14H14Cl2N2O/c1-2-19-14-13(4-3-5-17-14)18-9-10-6-11(15)8-12(16)7-10/h3-8,18H,2,9H2,1H3. The van der Waals surface area contributed by atoms with Crippen LogP contribution in [-0.2, 0) is 6.54 Å². The fraction of sp³-hybridized carbons (Fsp3) is 0.214. The summed E-state index contributed by atoms with van der Waals surface area (Å²) in [6.45, 7) is 3.11. The Balaban J connectivity index is 2.09. The van der Waals surface area contributed by atoms with Gasteiger partial charge in [-0.15, -0.1) is 0 Å². The van der Waals surface area contributed by atoms with Crippen LogP contribution in [0.15, 0.2) is 36.5 Å². The molecule has 0 saturated carbocycles. The molecule has 1 aromatic heterocycles. The van der Waals surface area contributed by atoms with Gasteiger partial charge < -0.3 is 10.1 Å². The lowest BCUT2D eigenvalue weighted by Gasteiger charge is -2.11. The number of nitrogens with zero attached hydrogens (tertiary/aromatic N) is 1. The Morgan fingerprint density at radius 3 is 2.63 bits per heavy atom. The van der Waals surface area contributed by atoms with Crippen LogP contribution in [0.5, 0.6) is 5.88 Å². The molecule has 3 nitrogen and oxygen atoms in total. The Bertz CT molecular complexity index is 541. The van der Waals surface area contributed by atoms with E-state index in [2.05, 4.69) is 10.3 Å². The molecule has 19 heavy (non-hydrogen) atoms. The zero-order valence-corrected chi connectivity index (χ0v) is 12.0. The second-order valence-corrected chi connectivity index (χ2v) is 4.79. The van der Waals surface area contributed by atoms with Gasteiger partial charge in [-0.3, -0.25) is 0 Å². The maximum absolute atomic E-state index is 5.96. The summed E-state index contributed by atoms with van der Waals surface area (Å²) in [5.74, 6) is 0.595. The van der Waals surface area contributed by atoms with Crippen molar-refractivity contribution >= 4 is 28.9 Å². The third-order valence-electron chi connectivity index (χ3n) is 2.46. The molecular weight excluding hydrogens is 283 g/mol. The van der Waals surface area contributed by atoms with Gasteiger partial charge in [0, 0.05) is 22.8 Å². The van der Waals surface area contributed by atoms with E-state index in [0.717, 1.165) is 11.3 Å². The smallest absolute Gasteiger partial charge is 0.237 e. The zero-order valence-electron chi connectivity index (χ0n) is 10.5. The van der Waals surface area contributed by atoms with E-state index in [1.54, 1.807) is 12.3 Å². The van der Waals surface area contributed by atoms with Crippen LogP contribution >= 0.6 is 23.2 Å². The summed E-state index contributed by atoms with van der Waals surface area (Å²) in [5.41, 5.74) is 1.85. The van der Waals surface area contributed by atoms with E-state index in [-0.39, 0.29) is 0 Å². The lowest BCUT2D eigenvalue weighted by Crippen LogP contribution is -2.04. The third kappa shape index (κ3) is 4.01. The average molecular weight is 297 g/mol.